The van der Waals surface area contributed by atoms with Gasteiger partial charge in [0, 0.05) is 28.2 Å². The van der Waals surface area contributed by atoms with Crippen LogP contribution < -0.4 is 0 Å². The molecule has 1 N–H and O–H groups in total. The summed E-state index contributed by atoms with van der Waals surface area (Å²) in [6.45, 7) is 4.02. The van der Waals surface area contributed by atoms with Gasteiger partial charge in [-0.3, -0.25) is 4.79 Å². The molecule has 0 saturated carbocycles. The molecule has 2 aromatic carbocycles. The summed E-state index contributed by atoms with van der Waals surface area (Å²) >= 11 is 0. The molecule has 0 fully saturated rings. The minimum Gasteiger partial charge on any atom is -0.360 e. The Balaban J connectivity index is 2.13. The molecule has 0 aliphatic carbocycles. The molecule has 0 radical (unpaired) electrons. The highest BCUT2D eigenvalue weighted by Gasteiger charge is 2.15. The van der Waals surface area contributed by atoms with Gasteiger partial charge in [-0.25, -0.2) is 0 Å². The highest BCUT2D eigenvalue weighted by Crippen LogP contribution is 2.23. The van der Waals surface area contributed by atoms with E-state index >= 15 is 0 Å². The third kappa shape index (κ3) is 2.21. The van der Waals surface area contributed by atoms with Gasteiger partial charge < -0.3 is 4.98 Å². The number of rotatable bonds is 2. The van der Waals surface area contributed by atoms with Crippen molar-refractivity contribution in [2.75, 3.05) is 0 Å². The number of benzene rings is 2. The molecule has 21 heavy (non-hydrogen) atoms. The second-order valence-corrected chi connectivity index (χ2v) is 5.20. The number of H-pyrrole nitrogens is 1. The van der Waals surface area contributed by atoms with Crippen LogP contribution in [0.15, 0.2) is 42.6 Å². The van der Waals surface area contributed by atoms with Crippen molar-refractivity contribution in [1.82, 2.24) is 4.98 Å². The molecule has 3 rings (SSSR count). The average Bonchev–Trinajstić information content (AvgIpc) is 2.92. The Morgan fingerprint density at radius 1 is 1.10 bits per heavy atom. The van der Waals surface area contributed by atoms with Gasteiger partial charge in [0.1, 0.15) is 0 Å². The SMILES string of the molecule is Cc1ccc(C(=O)c2c[nH]c3ccc(C#N)cc23)cc1C. The second kappa shape index (κ2) is 4.92. The highest BCUT2D eigenvalue weighted by molar-refractivity contribution is 6.16. The maximum atomic E-state index is 12.7. The quantitative estimate of drug-likeness (QED) is 0.721. The van der Waals surface area contributed by atoms with Crippen LogP contribution >= 0.6 is 0 Å². The standard InChI is InChI=1S/C18H14N2O/c1-11-3-5-14(7-12(11)2)18(21)16-10-20-17-6-4-13(9-19)8-15(16)17/h3-8,10,20H,1-2H3. The van der Waals surface area contributed by atoms with Crippen LogP contribution in [0.4, 0.5) is 0 Å². The van der Waals surface area contributed by atoms with E-state index in [0.29, 0.717) is 16.7 Å². The normalized spacial score (nSPS) is 10.5. The van der Waals surface area contributed by atoms with Crippen molar-refractivity contribution >= 4 is 16.7 Å². The molecule has 1 heterocycles. The van der Waals surface area contributed by atoms with E-state index in [1.54, 1.807) is 18.3 Å². The molecule has 0 aliphatic heterocycles. The first-order chi connectivity index (χ1) is 10.1. The molecule has 0 bridgehead atoms. The predicted molar refractivity (Wildman–Crippen MR) is 82.4 cm³/mol. The summed E-state index contributed by atoms with van der Waals surface area (Å²) in [4.78, 5) is 15.8. The lowest BCUT2D eigenvalue weighted by atomic mass is 9.98. The minimum atomic E-state index is -0.0283. The number of carbonyl (C=O) groups is 1. The van der Waals surface area contributed by atoms with E-state index in [0.717, 1.165) is 22.0 Å². The lowest BCUT2D eigenvalue weighted by Crippen LogP contribution is -2.01. The fraction of sp³-hybridized carbons (Fsp3) is 0.111. The number of hydrogen-bond acceptors (Lipinski definition) is 2. The van der Waals surface area contributed by atoms with E-state index in [2.05, 4.69) is 11.1 Å². The number of aromatic amines is 1. The number of aromatic nitrogens is 1. The van der Waals surface area contributed by atoms with Gasteiger partial charge in [0.15, 0.2) is 5.78 Å². The summed E-state index contributed by atoms with van der Waals surface area (Å²) in [6.07, 6.45) is 1.71. The van der Waals surface area contributed by atoms with Crippen molar-refractivity contribution < 1.29 is 4.79 Å². The maximum Gasteiger partial charge on any atom is 0.195 e. The van der Waals surface area contributed by atoms with Crippen LogP contribution in [0.5, 0.6) is 0 Å². The molecule has 0 amide bonds. The lowest BCUT2D eigenvalue weighted by molar-refractivity contribution is 0.104. The van der Waals surface area contributed by atoms with Crippen LogP contribution in [0.25, 0.3) is 10.9 Å². The zero-order valence-electron chi connectivity index (χ0n) is 11.9. The van der Waals surface area contributed by atoms with Crippen LogP contribution in [0, 0.1) is 25.2 Å². The molecule has 0 atom stereocenters. The van der Waals surface area contributed by atoms with Crippen molar-refractivity contribution in [3.05, 3.63) is 70.4 Å². The molecular weight excluding hydrogens is 260 g/mol. The van der Waals surface area contributed by atoms with Crippen molar-refractivity contribution in [2.24, 2.45) is 0 Å². The second-order valence-electron chi connectivity index (χ2n) is 5.20. The van der Waals surface area contributed by atoms with Gasteiger partial charge in [-0.05, 0) is 49.2 Å². The van der Waals surface area contributed by atoms with Crippen molar-refractivity contribution in [3.63, 3.8) is 0 Å². The number of ketones is 1. The zero-order valence-corrected chi connectivity index (χ0v) is 11.9. The first-order valence-electron chi connectivity index (χ1n) is 6.73. The van der Waals surface area contributed by atoms with Crippen LogP contribution in [-0.2, 0) is 0 Å². The summed E-state index contributed by atoms with van der Waals surface area (Å²) < 4.78 is 0. The van der Waals surface area contributed by atoms with Gasteiger partial charge in [-0.2, -0.15) is 5.26 Å². The topological polar surface area (TPSA) is 56.6 Å². The largest absolute Gasteiger partial charge is 0.360 e. The van der Waals surface area contributed by atoms with Crippen LogP contribution in [-0.4, -0.2) is 10.8 Å². The van der Waals surface area contributed by atoms with Gasteiger partial charge in [-0.1, -0.05) is 12.1 Å². The molecule has 102 valence electrons. The van der Waals surface area contributed by atoms with E-state index in [1.165, 1.54) is 0 Å². The number of carbonyl (C=O) groups excluding carboxylic acids is 1. The highest BCUT2D eigenvalue weighted by atomic mass is 16.1. The monoisotopic (exact) mass is 274 g/mol. The lowest BCUT2D eigenvalue weighted by Gasteiger charge is -2.04. The van der Waals surface area contributed by atoms with Crippen LogP contribution in [0.3, 0.4) is 0 Å². The van der Waals surface area contributed by atoms with Crippen molar-refractivity contribution in [3.8, 4) is 6.07 Å². The number of nitrogens with zero attached hydrogens (tertiary/aromatic N) is 1. The number of nitrogens with one attached hydrogen (secondary N) is 1. The van der Waals surface area contributed by atoms with Gasteiger partial charge in [-0.15, -0.1) is 0 Å². The molecule has 0 aliphatic rings. The Morgan fingerprint density at radius 3 is 2.62 bits per heavy atom. The molecule has 3 nitrogen and oxygen atoms in total. The molecule has 0 saturated heterocycles. The number of hydrogen-bond donors (Lipinski definition) is 1. The third-order valence-electron chi connectivity index (χ3n) is 3.82. The van der Waals surface area contributed by atoms with E-state index in [-0.39, 0.29) is 5.78 Å². The Kier molecular flexibility index (Phi) is 3.08. The number of fused-ring (bicyclic) bond motifs is 1. The van der Waals surface area contributed by atoms with Gasteiger partial charge in [0.05, 0.1) is 11.6 Å². The molecule has 3 heteroatoms. The molecule has 1 aromatic heterocycles. The smallest absolute Gasteiger partial charge is 0.195 e. The Labute approximate surface area is 122 Å². The van der Waals surface area contributed by atoms with Gasteiger partial charge >= 0.3 is 0 Å². The number of nitriles is 1. The Bertz CT molecular complexity index is 897. The summed E-state index contributed by atoms with van der Waals surface area (Å²) in [5, 5.41) is 9.79. The first-order valence-corrected chi connectivity index (χ1v) is 6.73. The van der Waals surface area contributed by atoms with Crippen molar-refractivity contribution in [1.29, 1.82) is 5.26 Å². The summed E-state index contributed by atoms with van der Waals surface area (Å²) in [5.41, 5.74) is 4.94. The van der Waals surface area contributed by atoms with E-state index in [9.17, 15) is 4.79 Å². The maximum absolute atomic E-state index is 12.7. The van der Waals surface area contributed by atoms with E-state index in [1.807, 2.05) is 38.1 Å². The fourth-order valence-corrected chi connectivity index (χ4v) is 2.42. The fourth-order valence-electron chi connectivity index (χ4n) is 2.42. The first kappa shape index (κ1) is 13.1. The van der Waals surface area contributed by atoms with Gasteiger partial charge in [0.25, 0.3) is 0 Å². The Morgan fingerprint density at radius 2 is 1.90 bits per heavy atom. The molecular formula is C18H14N2O. The van der Waals surface area contributed by atoms with E-state index < -0.39 is 0 Å². The summed E-state index contributed by atoms with van der Waals surface area (Å²) in [5.74, 6) is -0.0283. The van der Waals surface area contributed by atoms with E-state index in [4.69, 9.17) is 5.26 Å². The zero-order chi connectivity index (χ0) is 15.0. The summed E-state index contributed by atoms with van der Waals surface area (Å²) in [6, 6.07) is 13.1. The van der Waals surface area contributed by atoms with Crippen molar-refractivity contribution in [2.45, 2.75) is 13.8 Å². The minimum absolute atomic E-state index is 0.0283. The third-order valence-corrected chi connectivity index (χ3v) is 3.82. The molecule has 3 aromatic rings. The predicted octanol–water partition coefficient (Wildman–Crippen LogP) is 3.89. The van der Waals surface area contributed by atoms with Gasteiger partial charge in [0.2, 0.25) is 0 Å². The van der Waals surface area contributed by atoms with Crippen LogP contribution in [0.2, 0.25) is 0 Å². The van der Waals surface area contributed by atoms with Crippen LogP contribution in [0.1, 0.15) is 32.6 Å². The Hall–Kier alpha value is -2.86. The number of aryl methyl sites for hydroxylation is 2. The molecule has 0 unspecified atom stereocenters. The summed E-state index contributed by atoms with van der Waals surface area (Å²) in [7, 11) is 0. The average molecular weight is 274 g/mol. The molecule has 0 spiro atoms.